The summed E-state index contributed by atoms with van der Waals surface area (Å²) >= 11 is 6.13. The van der Waals surface area contributed by atoms with Crippen molar-refractivity contribution in [3.63, 3.8) is 0 Å². The predicted octanol–water partition coefficient (Wildman–Crippen LogP) is 2.37. The molecule has 0 spiro atoms. The van der Waals surface area contributed by atoms with Gasteiger partial charge in [0.05, 0.1) is 16.3 Å². The Hall–Kier alpha value is -1.92. The summed E-state index contributed by atoms with van der Waals surface area (Å²) in [4.78, 5) is 15.9. The highest BCUT2D eigenvalue weighted by Gasteiger charge is 2.20. The van der Waals surface area contributed by atoms with E-state index in [1.165, 1.54) is 11.0 Å². The molecular formula is C14H16ClN3O3. The number of hydrogen-bond acceptors (Lipinski definition) is 5. The third-order valence-electron chi connectivity index (χ3n) is 2.52. The van der Waals surface area contributed by atoms with E-state index >= 15 is 0 Å². The number of ether oxygens (including phenoxy) is 1. The lowest BCUT2D eigenvalue weighted by molar-refractivity contribution is 0.00698. The number of hydrogen-bond donors (Lipinski definition) is 1. The van der Waals surface area contributed by atoms with Gasteiger partial charge in [0.2, 0.25) is 0 Å². The van der Waals surface area contributed by atoms with Gasteiger partial charge in [0.25, 0.3) is 0 Å². The van der Waals surface area contributed by atoms with E-state index in [1.54, 1.807) is 39.0 Å². The summed E-state index contributed by atoms with van der Waals surface area (Å²) < 4.78 is 6.75. The van der Waals surface area contributed by atoms with Crippen LogP contribution in [0.15, 0.2) is 24.5 Å². The molecule has 1 aromatic carbocycles. The molecule has 0 saturated heterocycles. The summed E-state index contributed by atoms with van der Waals surface area (Å²) in [7, 11) is 0. The molecule has 0 radical (unpaired) electrons. The highest BCUT2D eigenvalue weighted by Crippen LogP contribution is 2.22. The minimum atomic E-state index is -0.582. The molecule has 2 aromatic rings. The number of benzene rings is 1. The molecule has 1 aromatic heterocycles. The molecule has 0 fully saturated rings. The molecule has 1 N–H and O–H groups in total. The summed E-state index contributed by atoms with van der Waals surface area (Å²) in [5.74, 6) is -0.170. The van der Waals surface area contributed by atoms with Crippen molar-refractivity contribution in [1.82, 2.24) is 14.8 Å². The highest BCUT2D eigenvalue weighted by atomic mass is 35.5. The lowest BCUT2D eigenvalue weighted by Crippen LogP contribution is -2.24. The summed E-state index contributed by atoms with van der Waals surface area (Å²) in [6.07, 6.45) is 1.46. The Morgan fingerprint density at radius 3 is 2.67 bits per heavy atom. The third kappa shape index (κ3) is 3.80. The van der Waals surface area contributed by atoms with E-state index in [4.69, 9.17) is 21.4 Å². The van der Waals surface area contributed by atoms with Crippen LogP contribution in [-0.4, -0.2) is 31.4 Å². The van der Waals surface area contributed by atoms with Gasteiger partial charge in [-0.1, -0.05) is 11.6 Å². The Morgan fingerprint density at radius 1 is 1.43 bits per heavy atom. The number of nitrogens with zero attached hydrogens (tertiary/aromatic N) is 3. The number of halogens is 1. The van der Waals surface area contributed by atoms with E-state index in [2.05, 4.69) is 10.1 Å². The summed E-state index contributed by atoms with van der Waals surface area (Å²) in [6, 6.07) is 4.85. The van der Waals surface area contributed by atoms with Crippen molar-refractivity contribution < 1.29 is 14.6 Å². The zero-order valence-electron chi connectivity index (χ0n) is 12.0. The normalized spacial score (nSPS) is 11.5. The van der Waals surface area contributed by atoms with Gasteiger partial charge >= 0.3 is 5.97 Å². The Kier molecular flexibility index (Phi) is 4.29. The molecule has 112 valence electrons. The minimum Gasteiger partial charge on any atom is -0.456 e. The number of aliphatic hydroxyl groups is 1. The van der Waals surface area contributed by atoms with Crippen molar-refractivity contribution in [3.8, 4) is 5.69 Å². The molecule has 0 aliphatic carbocycles. The first-order chi connectivity index (χ1) is 9.80. The van der Waals surface area contributed by atoms with Gasteiger partial charge in [0, 0.05) is 0 Å². The topological polar surface area (TPSA) is 77.2 Å². The lowest BCUT2D eigenvalue weighted by atomic mass is 10.1. The molecule has 1 heterocycles. The first-order valence-corrected chi connectivity index (χ1v) is 6.72. The summed E-state index contributed by atoms with van der Waals surface area (Å²) in [5.41, 5.74) is 0.346. The van der Waals surface area contributed by atoms with Gasteiger partial charge in [-0.2, -0.15) is 0 Å². The van der Waals surface area contributed by atoms with Crippen molar-refractivity contribution in [2.75, 3.05) is 0 Å². The van der Waals surface area contributed by atoms with E-state index in [1.807, 2.05) is 0 Å². The van der Waals surface area contributed by atoms with Crippen LogP contribution in [0.1, 0.15) is 37.0 Å². The van der Waals surface area contributed by atoms with Crippen LogP contribution in [0, 0.1) is 0 Å². The fraction of sp³-hybridized carbons (Fsp3) is 0.357. The van der Waals surface area contributed by atoms with Crippen molar-refractivity contribution in [2.24, 2.45) is 0 Å². The van der Waals surface area contributed by atoms with Crippen LogP contribution in [0.3, 0.4) is 0 Å². The molecule has 0 saturated carbocycles. The minimum absolute atomic E-state index is 0.239. The number of aliphatic hydroxyl groups excluding tert-OH is 1. The lowest BCUT2D eigenvalue weighted by Gasteiger charge is -2.20. The molecule has 6 nitrogen and oxygen atoms in total. The van der Waals surface area contributed by atoms with Crippen molar-refractivity contribution in [3.05, 3.63) is 40.9 Å². The van der Waals surface area contributed by atoms with Gasteiger partial charge in [0.15, 0.2) is 5.82 Å². The van der Waals surface area contributed by atoms with E-state index in [0.29, 0.717) is 11.5 Å². The van der Waals surface area contributed by atoms with Gasteiger partial charge in [-0.3, -0.25) is 0 Å². The molecule has 0 atom stereocenters. The van der Waals surface area contributed by atoms with Crippen molar-refractivity contribution >= 4 is 17.6 Å². The zero-order chi connectivity index (χ0) is 15.6. The average Bonchev–Trinajstić information content (AvgIpc) is 2.85. The number of carbonyl (C=O) groups is 1. The molecule has 7 heteroatoms. The van der Waals surface area contributed by atoms with Gasteiger partial charge in [0.1, 0.15) is 18.5 Å². The first-order valence-electron chi connectivity index (χ1n) is 6.35. The van der Waals surface area contributed by atoms with Crippen LogP contribution in [-0.2, 0) is 11.3 Å². The van der Waals surface area contributed by atoms with Gasteiger partial charge < -0.3 is 9.84 Å². The Balaban J connectivity index is 2.27. The van der Waals surface area contributed by atoms with Crippen LogP contribution < -0.4 is 0 Å². The molecule has 0 bridgehead atoms. The SMILES string of the molecule is CC(C)(C)OC(=O)c1ccc(-n2cnc(CO)n2)cc1Cl. The Labute approximate surface area is 127 Å². The fourth-order valence-corrected chi connectivity index (χ4v) is 1.89. The molecule has 0 aliphatic heterocycles. The molecule has 21 heavy (non-hydrogen) atoms. The second kappa shape index (κ2) is 5.83. The average molecular weight is 310 g/mol. The fourth-order valence-electron chi connectivity index (χ4n) is 1.64. The number of carbonyl (C=O) groups excluding carboxylic acids is 1. The van der Waals surface area contributed by atoms with Gasteiger partial charge in [-0.15, -0.1) is 5.10 Å². The van der Waals surface area contributed by atoms with E-state index < -0.39 is 11.6 Å². The molecule has 0 aliphatic rings. The quantitative estimate of drug-likeness (QED) is 0.881. The van der Waals surface area contributed by atoms with Gasteiger partial charge in [-0.25, -0.2) is 14.5 Å². The summed E-state index contributed by atoms with van der Waals surface area (Å²) in [5, 5.41) is 13.3. The van der Waals surface area contributed by atoms with Gasteiger partial charge in [-0.05, 0) is 39.0 Å². The standard InChI is InChI=1S/C14H16ClN3O3/c1-14(2,3)21-13(20)10-5-4-9(6-11(10)15)18-8-16-12(7-19)17-18/h4-6,8,19H,7H2,1-3H3. The number of rotatable bonds is 3. The number of esters is 1. The van der Waals surface area contributed by atoms with Crippen LogP contribution in [0.2, 0.25) is 5.02 Å². The second-order valence-corrected chi connectivity index (χ2v) is 5.84. The maximum Gasteiger partial charge on any atom is 0.340 e. The Bertz CT molecular complexity index is 662. The number of aromatic nitrogens is 3. The van der Waals surface area contributed by atoms with Crippen LogP contribution in [0.25, 0.3) is 5.69 Å². The summed E-state index contributed by atoms with van der Waals surface area (Å²) in [6.45, 7) is 5.13. The van der Waals surface area contributed by atoms with E-state index in [-0.39, 0.29) is 17.2 Å². The first kappa shape index (κ1) is 15.5. The van der Waals surface area contributed by atoms with Crippen molar-refractivity contribution in [1.29, 1.82) is 0 Å². The molecule has 0 unspecified atom stereocenters. The van der Waals surface area contributed by atoms with E-state index in [9.17, 15) is 4.79 Å². The molecule has 2 rings (SSSR count). The van der Waals surface area contributed by atoms with Crippen LogP contribution in [0.5, 0.6) is 0 Å². The molecular weight excluding hydrogens is 294 g/mol. The largest absolute Gasteiger partial charge is 0.456 e. The smallest absolute Gasteiger partial charge is 0.340 e. The Morgan fingerprint density at radius 2 is 2.14 bits per heavy atom. The zero-order valence-corrected chi connectivity index (χ0v) is 12.8. The third-order valence-corrected chi connectivity index (χ3v) is 2.83. The van der Waals surface area contributed by atoms with Crippen molar-refractivity contribution in [2.45, 2.75) is 33.0 Å². The predicted molar refractivity (Wildman–Crippen MR) is 77.5 cm³/mol. The maximum absolute atomic E-state index is 12.0. The monoisotopic (exact) mass is 309 g/mol. The van der Waals surface area contributed by atoms with Crippen LogP contribution >= 0.6 is 11.6 Å². The molecule has 0 amide bonds. The van der Waals surface area contributed by atoms with E-state index in [0.717, 1.165) is 0 Å². The van der Waals surface area contributed by atoms with Crippen LogP contribution in [0.4, 0.5) is 0 Å². The highest BCUT2D eigenvalue weighted by molar-refractivity contribution is 6.33. The second-order valence-electron chi connectivity index (χ2n) is 5.43. The maximum atomic E-state index is 12.0.